The molecule has 1 saturated heterocycles. The van der Waals surface area contributed by atoms with Gasteiger partial charge in [-0.05, 0) is 39.5 Å². The topological polar surface area (TPSA) is 108 Å². The van der Waals surface area contributed by atoms with E-state index in [2.05, 4.69) is 20.2 Å². The summed E-state index contributed by atoms with van der Waals surface area (Å²) in [5.41, 5.74) is 0.852. The molecule has 154 valence electrons. The van der Waals surface area contributed by atoms with Crippen LogP contribution in [0.1, 0.15) is 38.3 Å². The van der Waals surface area contributed by atoms with Gasteiger partial charge in [0.2, 0.25) is 11.8 Å². The number of anilines is 1. The van der Waals surface area contributed by atoms with Crippen LogP contribution in [0.3, 0.4) is 0 Å². The minimum absolute atomic E-state index is 0.0648. The highest BCUT2D eigenvalue weighted by molar-refractivity contribution is 5.75. The number of hydrogen-bond acceptors (Lipinski definition) is 6. The second-order valence-electron chi connectivity index (χ2n) is 7.39. The number of hydrogen-bond donors (Lipinski definition) is 2. The Labute approximate surface area is 165 Å². The molecule has 0 unspecified atom stereocenters. The zero-order chi connectivity index (χ0) is 20.1. The third-order valence-electron chi connectivity index (χ3n) is 5.36. The summed E-state index contributed by atoms with van der Waals surface area (Å²) in [6.45, 7) is 6.90. The number of amides is 2. The highest BCUT2D eigenvalue weighted by Gasteiger charge is 2.29. The number of aryl methyl sites for hydroxylation is 1. The number of ether oxygens (including phenoxy) is 1. The van der Waals surface area contributed by atoms with Crippen molar-refractivity contribution in [2.75, 3.05) is 37.7 Å². The van der Waals surface area contributed by atoms with Crippen LogP contribution >= 0.6 is 0 Å². The fourth-order valence-electron chi connectivity index (χ4n) is 3.75. The second kappa shape index (κ2) is 9.07. The van der Waals surface area contributed by atoms with Crippen LogP contribution in [0.2, 0.25) is 0 Å². The minimum atomic E-state index is -0.730. The SMILES string of the molecule is CCOc1cc(C)nc(N2CCN(C(=O)NC3CCC(C(=O)O)CC3)CC2)n1. The van der Waals surface area contributed by atoms with Gasteiger partial charge in [-0.2, -0.15) is 4.98 Å². The van der Waals surface area contributed by atoms with Gasteiger partial charge in [0.05, 0.1) is 12.5 Å². The number of carboxylic acid groups (broad SMARTS) is 1. The van der Waals surface area contributed by atoms with E-state index in [0.29, 0.717) is 57.5 Å². The Bertz CT molecular complexity index is 698. The fraction of sp³-hybridized carbons (Fsp3) is 0.684. The lowest BCUT2D eigenvalue weighted by molar-refractivity contribution is -0.142. The molecule has 28 heavy (non-hydrogen) atoms. The Morgan fingerprint density at radius 1 is 1.18 bits per heavy atom. The molecule has 2 aliphatic rings. The third-order valence-corrected chi connectivity index (χ3v) is 5.36. The van der Waals surface area contributed by atoms with Gasteiger partial charge in [0.25, 0.3) is 0 Å². The van der Waals surface area contributed by atoms with Crippen molar-refractivity contribution >= 4 is 17.9 Å². The zero-order valence-electron chi connectivity index (χ0n) is 16.6. The molecule has 2 fully saturated rings. The summed E-state index contributed by atoms with van der Waals surface area (Å²) in [5.74, 6) is 0.206. The first-order valence-electron chi connectivity index (χ1n) is 9.98. The number of piperazine rings is 1. The predicted molar refractivity (Wildman–Crippen MR) is 104 cm³/mol. The van der Waals surface area contributed by atoms with Gasteiger partial charge in [0.1, 0.15) is 0 Å². The number of carbonyl (C=O) groups excluding carboxylic acids is 1. The molecule has 1 aromatic rings. The standard InChI is InChI=1S/C19H29N5O4/c1-3-28-16-12-13(2)20-18(22-16)23-8-10-24(11-9-23)19(27)21-15-6-4-14(5-7-15)17(25)26/h12,14-15H,3-11H2,1-2H3,(H,21,27)(H,25,26). The number of carbonyl (C=O) groups is 2. The molecule has 2 N–H and O–H groups in total. The molecular formula is C19H29N5O4. The maximum Gasteiger partial charge on any atom is 0.317 e. The molecule has 1 aromatic heterocycles. The van der Waals surface area contributed by atoms with E-state index in [-0.39, 0.29) is 18.0 Å². The van der Waals surface area contributed by atoms with Crippen molar-refractivity contribution < 1.29 is 19.4 Å². The monoisotopic (exact) mass is 391 g/mol. The summed E-state index contributed by atoms with van der Waals surface area (Å²) in [7, 11) is 0. The van der Waals surface area contributed by atoms with Crippen LogP contribution in [0.4, 0.5) is 10.7 Å². The molecule has 2 heterocycles. The second-order valence-corrected chi connectivity index (χ2v) is 7.39. The van der Waals surface area contributed by atoms with E-state index < -0.39 is 5.97 Å². The molecule has 1 saturated carbocycles. The number of nitrogens with one attached hydrogen (secondary N) is 1. The summed E-state index contributed by atoms with van der Waals surface area (Å²) in [4.78, 5) is 36.4. The number of aliphatic carboxylic acids is 1. The highest BCUT2D eigenvalue weighted by atomic mass is 16.5. The molecule has 9 nitrogen and oxygen atoms in total. The maximum atomic E-state index is 12.5. The van der Waals surface area contributed by atoms with Crippen molar-refractivity contribution in [3.8, 4) is 5.88 Å². The Morgan fingerprint density at radius 2 is 1.86 bits per heavy atom. The van der Waals surface area contributed by atoms with Crippen molar-refractivity contribution in [3.05, 3.63) is 11.8 Å². The first-order valence-corrected chi connectivity index (χ1v) is 9.98. The van der Waals surface area contributed by atoms with E-state index in [1.165, 1.54) is 0 Å². The lowest BCUT2D eigenvalue weighted by Crippen LogP contribution is -2.54. The Balaban J connectivity index is 1.49. The number of aromatic nitrogens is 2. The number of carboxylic acids is 1. The van der Waals surface area contributed by atoms with Crippen molar-refractivity contribution in [1.82, 2.24) is 20.2 Å². The van der Waals surface area contributed by atoms with E-state index >= 15 is 0 Å². The zero-order valence-corrected chi connectivity index (χ0v) is 16.6. The van der Waals surface area contributed by atoms with Gasteiger partial charge in [-0.3, -0.25) is 4.79 Å². The van der Waals surface area contributed by atoms with Crippen LogP contribution in [0, 0.1) is 12.8 Å². The Kier molecular flexibility index (Phi) is 6.53. The van der Waals surface area contributed by atoms with Crippen LogP contribution < -0.4 is 15.0 Å². The van der Waals surface area contributed by atoms with Gasteiger partial charge in [0.15, 0.2) is 0 Å². The van der Waals surface area contributed by atoms with Gasteiger partial charge in [-0.25, -0.2) is 9.78 Å². The van der Waals surface area contributed by atoms with Crippen LogP contribution in [0.25, 0.3) is 0 Å². The van der Waals surface area contributed by atoms with Crippen molar-refractivity contribution in [3.63, 3.8) is 0 Å². The van der Waals surface area contributed by atoms with Crippen LogP contribution in [-0.4, -0.2) is 70.8 Å². The van der Waals surface area contributed by atoms with Crippen molar-refractivity contribution in [2.45, 2.75) is 45.6 Å². The van der Waals surface area contributed by atoms with Gasteiger partial charge in [0, 0.05) is 44.0 Å². The summed E-state index contributed by atoms with van der Waals surface area (Å²) in [6, 6.07) is 1.81. The fourth-order valence-corrected chi connectivity index (χ4v) is 3.75. The van der Waals surface area contributed by atoms with Crippen LogP contribution in [0.15, 0.2) is 6.07 Å². The lowest BCUT2D eigenvalue weighted by Gasteiger charge is -2.36. The quantitative estimate of drug-likeness (QED) is 0.786. The highest BCUT2D eigenvalue weighted by Crippen LogP contribution is 2.24. The molecule has 3 rings (SSSR count). The smallest absolute Gasteiger partial charge is 0.317 e. The third kappa shape index (κ3) is 5.02. The number of nitrogens with zero attached hydrogens (tertiary/aromatic N) is 4. The Hall–Kier alpha value is -2.58. The van der Waals surface area contributed by atoms with Crippen molar-refractivity contribution in [1.29, 1.82) is 0 Å². The molecule has 0 radical (unpaired) electrons. The average Bonchev–Trinajstić information content (AvgIpc) is 2.68. The summed E-state index contributed by atoms with van der Waals surface area (Å²) < 4.78 is 5.50. The molecule has 0 atom stereocenters. The van der Waals surface area contributed by atoms with E-state index in [9.17, 15) is 9.59 Å². The first-order chi connectivity index (χ1) is 13.5. The molecule has 0 bridgehead atoms. The van der Waals surface area contributed by atoms with Gasteiger partial charge >= 0.3 is 12.0 Å². The molecular weight excluding hydrogens is 362 g/mol. The molecule has 1 aliphatic heterocycles. The van der Waals surface area contributed by atoms with Gasteiger partial charge in [-0.1, -0.05) is 0 Å². The molecule has 1 aliphatic carbocycles. The Morgan fingerprint density at radius 3 is 2.46 bits per heavy atom. The van der Waals surface area contributed by atoms with E-state index in [0.717, 1.165) is 18.5 Å². The normalized spacial score (nSPS) is 22.6. The summed E-state index contributed by atoms with van der Waals surface area (Å²) in [5, 5.41) is 12.1. The largest absolute Gasteiger partial charge is 0.481 e. The number of rotatable bonds is 5. The van der Waals surface area contributed by atoms with Gasteiger partial charge < -0.3 is 25.0 Å². The maximum absolute atomic E-state index is 12.5. The first kappa shape index (κ1) is 20.2. The summed E-state index contributed by atoms with van der Waals surface area (Å²) >= 11 is 0. The van der Waals surface area contributed by atoms with E-state index in [1.807, 2.05) is 19.9 Å². The van der Waals surface area contributed by atoms with Crippen LogP contribution in [-0.2, 0) is 4.79 Å². The van der Waals surface area contributed by atoms with Gasteiger partial charge in [-0.15, -0.1) is 0 Å². The predicted octanol–water partition coefficient (Wildman–Crippen LogP) is 1.66. The number of urea groups is 1. The molecule has 9 heteroatoms. The molecule has 0 spiro atoms. The minimum Gasteiger partial charge on any atom is -0.481 e. The lowest BCUT2D eigenvalue weighted by atomic mass is 9.86. The molecule has 2 amide bonds. The summed E-state index contributed by atoms with van der Waals surface area (Å²) in [6.07, 6.45) is 2.70. The van der Waals surface area contributed by atoms with Crippen molar-refractivity contribution in [2.24, 2.45) is 5.92 Å². The van der Waals surface area contributed by atoms with E-state index in [1.54, 1.807) is 4.90 Å². The van der Waals surface area contributed by atoms with E-state index in [4.69, 9.17) is 9.84 Å². The average molecular weight is 391 g/mol. The molecule has 0 aromatic carbocycles. The van der Waals surface area contributed by atoms with Crippen LogP contribution in [0.5, 0.6) is 5.88 Å².